The highest BCUT2D eigenvalue weighted by atomic mass is 79.9. The second-order valence-electron chi connectivity index (χ2n) is 4.79. The summed E-state index contributed by atoms with van der Waals surface area (Å²) in [5, 5.41) is 2.83. The van der Waals surface area contributed by atoms with Crippen LogP contribution in [0.2, 0.25) is 0 Å². The van der Waals surface area contributed by atoms with E-state index in [1.54, 1.807) is 0 Å². The fourth-order valence-corrected chi connectivity index (χ4v) is 3.69. The molecule has 0 radical (unpaired) electrons. The third kappa shape index (κ3) is 4.46. The quantitative estimate of drug-likeness (QED) is 0.816. The predicted octanol–water partition coefficient (Wildman–Crippen LogP) is 3.19. The van der Waals surface area contributed by atoms with E-state index in [4.69, 9.17) is 9.47 Å². The van der Waals surface area contributed by atoms with Crippen LogP contribution in [0.5, 0.6) is 5.75 Å². The number of halogens is 2. The molecule has 2 rings (SSSR count). The maximum Gasteiger partial charge on any atom is 0.258 e. The minimum absolute atomic E-state index is 0.00696. The van der Waals surface area contributed by atoms with Crippen molar-refractivity contribution in [2.24, 2.45) is 0 Å². The zero-order valence-electron chi connectivity index (χ0n) is 11.2. The largest absolute Gasteiger partial charge is 0.481 e. The van der Waals surface area contributed by atoms with E-state index in [2.05, 4.69) is 37.2 Å². The van der Waals surface area contributed by atoms with E-state index < -0.39 is 0 Å². The summed E-state index contributed by atoms with van der Waals surface area (Å²) < 4.78 is 12.7. The Labute approximate surface area is 135 Å². The number of rotatable bonds is 5. The molecule has 0 saturated carbocycles. The van der Waals surface area contributed by atoms with Crippen molar-refractivity contribution in [1.82, 2.24) is 5.32 Å². The minimum atomic E-state index is -0.139. The summed E-state index contributed by atoms with van der Waals surface area (Å²) >= 11 is 6.87. The first kappa shape index (κ1) is 15.8. The van der Waals surface area contributed by atoms with Crippen LogP contribution in [0.1, 0.15) is 18.4 Å². The molecule has 1 heterocycles. The molecule has 1 aliphatic heterocycles. The van der Waals surface area contributed by atoms with Crippen LogP contribution in [-0.4, -0.2) is 31.8 Å². The number of aryl methyl sites for hydroxylation is 1. The molecule has 1 aliphatic rings. The summed E-state index contributed by atoms with van der Waals surface area (Å²) in [5.74, 6) is 0.503. The molecule has 20 heavy (non-hydrogen) atoms. The highest BCUT2D eigenvalue weighted by Gasteiger charge is 2.16. The lowest BCUT2D eigenvalue weighted by Gasteiger charge is -2.13. The van der Waals surface area contributed by atoms with Crippen LogP contribution in [0, 0.1) is 6.92 Å². The molecule has 4 nitrogen and oxygen atoms in total. The van der Waals surface area contributed by atoms with Gasteiger partial charge in [-0.25, -0.2) is 0 Å². The van der Waals surface area contributed by atoms with Gasteiger partial charge in [-0.15, -0.1) is 0 Å². The van der Waals surface area contributed by atoms with Crippen molar-refractivity contribution in [2.75, 3.05) is 19.8 Å². The summed E-state index contributed by atoms with van der Waals surface area (Å²) in [5.41, 5.74) is 1.11. The minimum Gasteiger partial charge on any atom is -0.481 e. The number of hydrogen-bond acceptors (Lipinski definition) is 3. The Morgan fingerprint density at radius 3 is 2.75 bits per heavy atom. The maximum atomic E-state index is 11.7. The van der Waals surface area contributed by atoms with E-state index in [-0.39, 0.29) is 18.6 Å². The summed E-state index contributed by atoms with van der Waals surface area (Å²) in [6.07, 6.45) is 2.23. The Morgan fingerprint density at radius 2 is 2.15 bits per heavy atom. The van der Waals surface area contributed by atoms with Gasteiger partial charge >= 0.3 is 0 Å². The molecule has 1 amide bonds. The van der Waals surface area contributed by atoms with E-state index in [0.29, 0.717) is 12.3 Å². The van der Waals surface area contributed by atoms with Gasteiger partial charge in [-0.3, -0.25) is 4.79 Å². The van der Waals surface area contributed by atoms with Gasteiger partial charge in [-0.2, -0.15) is 0 Å². The molecule has 1 aromatic rings. The average molecular weight is 407 g/mol. The van der Waals surface area contributed by atoms with E-state index in [1.165, 1.54) is 0 Å². The fraction of sp³-hybridized carbons (Fsp3) is 0.500. The molecule has 6 heteroatoms. The lowest BCUT2D eigenvalue weighted by Crippen LogP contribution is -2.35. The smallest absolute Gasteiger partial charge is 0.258 e. The second-order valence-corrected chi connectivity index (χ2v) is 6.49. The topological polar surface area (TPSA) is 47.6 Å². The molecule has 1 N–H and O–H groups in total. The van der Waals surface area contributed by atoms with E-state index >= 15 is 0 Å². The number of hydrogen-bond donors (Lipinski definition) is 1. The zero-order chi connectivity index (χ0) is 14.5. The van der Waals surface area contributed by atoms with Crippen LogP contribution in [0.15, 0.2) is 21.1 Å². The first-order valence-corrected chi connectivity index (χ1v) is 8.11. The Morgan fingerprint density at radius 1 is 1.45 bits per heavy atom. The highest BCUT2D eigenvalue weighted by molar-refractivity contribution is 9.11. The zero-order valence-corrected chi connectivity index (χ0v) is 14.4. The number of nitrogens with one attached hydrogen (secondary N) is 1. The molecule has 0 bridgehead atoms. The van der Waals surface area contributed by atoms with E-state index in [1.807, 2.05) is 19.1 Å². The monoisotopic (exact) mass is 405 g/mol. The van der Waals surface area contributed by atoms with Crippen molar-refractivity contribution >= 4 is 37.8 Å². The SMILES string of the molecule is Cc1cc(Br)c(OCC(=O)NC[C@@H]2CCCO2)c(Br)c1. The molecule has 1 atom stereocenters. The van der Waals surface area contributed by atoms with Crippen LogP contribution >= 0.6 is 31.9 Å². The van der Waals surface area contributed by atoms with Gasteiger partial charge in [0, 0.05) is 13.2 Å². The van der Waals surface area contributed by atoms with Gasteiger partial charge in [0.25, 0.3) is 5.91 Å². The number of amides is 1. The van der Waals surface area contributed by atoms with Crippen molar-refractivity contribution in [3.8, 4) is 5.75 Å². The van der Waals surface area contributed by atoms with Gasteiger partial charge in [-0.05, 0) is 69.3 Å². The van der Waals surface area contributed by atoms with Gasteiger partial charge in [0.05, 0.1) is 15.0 Å². The Hall–Kier alpha value is -0.590. The molecule has 1 fully saturated rings. The van der Waals surface area contributed by atoms with E-state index in [9.17, 15) is 4.79 Å². The van der Waals surface area contributed by atoms with Crippen LogP contribution in [0.3, 0.4) is 0 Å². The van der Waals surface area contributed by atoms with Crippen molar-refractivity contribution in [3.05, 3.63) is 26.6 Å². The number of carbonyl (C=O) groups is 1. The van der Waals surface area contributed by atoms with Gasteiger partial charge in [0.2, 0.25) is 0 Å². The lowest BCUT2D eigenvalue weighted by molar-refractivity contribution is -0.123. The fourth-order valence-electron chi connectivity index (χ4n) is 2.05. The van der Waals surface area contributed by atoms with Gasteiger partial charge in [0.15, 0.2) is 6.61 Å². The molecule has 0 unspecified atom stereocenters. The van der Waals surface area contributed by atoms with Crippen molar-refractivity contribution in [1.29, 1.82) is 0 Å². The maximum absolute atomic E-state index is 11.7. The molecule has 110 valence electrons. The summed E-state index contributed by atoms with van der Waals surface area (Å²) in [6.45, 7) is 3.33. The first-order valence-electron chi connectivity index (χ1n) is 6.53. The molecule has 0 aromatic heterocycles. The van der Waals surface area contributed by atoms with Gasteiger partial charge < -0.3 is 14.8 Å². The standard InChI is InChI=1S/C14H17Br2NO3/c1-9-5-11(15)14(12(16)6-9)20-8-13(18)17-7-10-3-2-4-19-10/h5-6,10H,2-4,7-8H2,1H3,(H,17,18)/t10-/m0/s1. The molecular formula is C14H17Br2NO3. The predicted molar refractivity (Wildman–Crippen MR) is 84.1 cm³/mol. The third-order valence-corrected chi connectivity index (χ3v) is 4.22. The van der Waals surface area contributed by atoms with Crippen LogP contribution in [0.25, 0.3) is 0 Å². The third-order valence-electron chi connectivity index (χ3n) is 3.04. The molecule has 1 saturated heterocycles. The summed E-state index contributed by atoms with van der Waals surface area (Å²) in [4.78, 5) is 11.7. The molecular weight excluding hydrogens is 390 g/mol. The second kappa shape index (κ2) is 7.43. The van der Waals surface area contributed by atoms with Crippen molar-refractivity contribution < 1.29 is 14.3 Å². The van der Waals surface area contributed by atoms with Crippen LogP contribution in [0.4, 0.5) is 0 Å². The van der Waals surface area contributed by atoms with Crippen molar-refractivity contribution in [2.45, 2.75) is 25.9 Å². The van der Waals surface area contributed by atoms with Crippen molar-refractivity contribution in [3.63, 3.8) is 0 Å². The molecule has 0 spiro atoms. The summed E-state index contributed by atoms with van der Waals surface area (Å²) in [6, 6.07) is 3.90. The van der Waals surface area contributed by atoms with Gasteiger partial charge in [-0.1, -0.05) is 0 Å². The first-order chi connectivity index (χ1) is 9.56. The average Bonchev–Trinajstić information content (AvgIpc) is 2.88. The number of benzene rings is 1. The molecule has 1 aromatic carbocycles. The van der Waals surface area contributed by atoms with E-state index in [0.717, 1.165) is 34.0 Å². The number of ether oxygens (including phenoxy) is 2. The van der Waals surface area contributed by atoms with Crippen LogP contribution in [-0.2, 0) is 9.53 Å². The Kier molecular flexibility index (Phi) is 5.86. The number of carbonyl (C=O) groups excluding carboxylic acids is 1. The normalized spacial score (nSPS) is 18.1. The lowest BCUT2D eigenvalue weighted by atomic mass is 10.2. The Bertz CT molecular complexity index is 464. The Balaban J connectivity index is 1.81. The van der Waals surface area contributed by atoms with Gasteiger partial charge in [0.1, 0.15) is 5.75 Å². The molecule has 0 aliphatic carbocycles. The van der Waals surface area contributed by atoms with Crippen LogP contribution < -0.4 is 10.1 Å². The highest BCUT2D eigenvalue weighted by Crippen LogP contribution is 2.34. The summed E-state index contributed by atoms with van der Waals surface area (Å²) in [7, 11) is 0.